The van der Waals surface area contributed by atoms with Gasteiger partial charge in [0.05, 0.1) is 11.2 Å². The van der Waals surface area contributed by atoms with Crippen LogP contribution in [-0.2, 0) is 14.6 Å². The summed E-state index contributed by atoms with van der Waals surface area (Å²) >= 11 is 0. The Bertz CT molecular complexity index is 360. The Morgan fingerprint density at radius 1 is 1.50 bits per heavy atom. The standard InChI is InChI=1S/C11H20O4S/c1-3-16(14,15)7-6-11(10(12)13)5-4-9(2)8-11/h9H,3-8H2,1-2H3,(H,12,13). The van der Waals surface area contributed by atoms with Crippen LogP contribution < -0.4 is 0 Å². The molecule has 1 fully saturated rings. The lowest BCUT2D eigenvalue weighted by Gasteiger charge is -2.23. The topological polar surface area (TPSA) is 71.4 Å². The number of hydrogen-bond acceptors (Lipinski definition) is 3. The Kier molecular flexibility index (Phi) is 3.99. The number of aliphatic carboxylic acids is 1. The third kappa shape index (κ3) is 2.97. The van der Waals surface area contributed by atoms with Gasteiger partial charge in [-0.15, -0.1) is 0 Å². The largest absolute Gasteiger partial charge is 0.481 e. The van der Waals surface area contributed by atoms with Gasteiger partial charge in [-0.1, -0.05) is 13.8 Å². The molecule has 0 spiro atoms. The highest BCUT2D eigenvalue weighted by atomic mass is 32.2. The maximum Gasteiger partial charge on any atom is 0.309 e. The summed E-state index contributed by atoms with van der Waals surface area (Å²) in [7, 11) is -3.06. The van der Waals surface area contributed by atoms with Crippen LogP contribution >= 0.6 is 0 Å². The molecular formula is C11H20O4S. The Morgan fingerprint density at radius 3 is 2.50 bits per heavy atom. The number of hydrogen-bond donors (Lipinski definition) is 1. The van der Waals surface area contributed by atoms with Crippen LogP contribution in [0.1, 0.15) is 39.5 Å². The lowest BCUT2D eigenvalue weighted by atomic mass is 9.83. The summed E-state index contributed by atoms with van der Waals surface area (Å²) in [6.07, 6.45) is 2.38. The first-order chi connectivity index (χ1) is 7.31. The van der Waals surface area contributed by atoms with Gasteiger partial charge in [0.1, 0.15) is 9.84 Å². The van der Waals surface area contributed by atoms with Crippen molar-refractivity contribution in [3.05, 3.63) is 0 Å². The fourth-order valence-electron chi connectivity index (χ4n) is 2.42. The molecule has 94 valence electrons. The fourth-order valence-corrected chi connectivity index (χ4v) is 3.41. The normalized spacial score (nSPS) is 30.5. The molecule has 1 saturated carbocycles. The van der Waals surface area contributed by atoms with E-state index in [1.807, 2.05) is 6.92 Å². The number of rotatable bonds is 5. The van der Waals surface area contributed by atoms with Crippen molar-refractivity contribution >= 4 is 15.8 Å². The Labute approximate surface area is 97.0 Å². The molecule has 0 amide bonds. The SMILES string of the molecule is CCS(=O)(=O)CCC1(C(=O)O)CCC(C)C1. The average molecular weight is 248 g/mol. The van der Waals surface area contributed by atoms with E-state index in [0.29, 0.717) is 18.8 Å². The van der Waals surface area contributed by atoms with Crippen LogP contribution in [0.3, 0.4) is 0 Å². The molecule has 1 aliphatic carbocycles. The molecule has 0 heterocycles. The minimum absolute atomic E-state index is 0.00250. The molecule has 2 unspecified atom stereocenters. The molecule has 1 rings (SSSR count). The summed E-state index contributed by atoms with van der Waals surface area (Å²) < 4.78 is 22.8. The van der Waals surface area contributed by atoms with Gasteiger partial charge in [-0.3, -0.25) is 4.79 Å². The summed E-state index contributed by atoms with van der Waals surface area (Å²) in [6, 6.07) is 0. The van der Waals surface area contributed by atoms with Gasteiger partial charge in [0, 0.05) is 5.75 Å². The minimum Gasteiger partial charge on any atom is -0.481 e. The summed E-state index contributed by atoms with van der Waals surface area (Å²) in [6.45, 7) is 3.62. The number of carboxylic acid groups (broad SMARTS) is 1. The lowest BCUT2D eigenvalue weighted by Crippen LogP contribution is -2.31. The molecule has 0 radical (unpaired) electrons. The van der Waals surface area contributed by atoms with Gasteiger partial charge in [0.25, 0.3) is 0 Å². The van der Waals surface area contributed by atoms with Crippen LogP contribution in [0.2, 0.25) is 0 Å². The van der Waals surface area contributed by atoms with Gasteiger partial charge in [0.2, 0.25) is 0 Å². The van der Waals surface area contributed by atoms with Crippen molar-refractivity contribution in [3.63, 3.8) is 0 Å². The Morgan fingerprint density at radius 2 is 2.12 bits per heavy atom. The van der Waals surface area contributed by atoms with Crippen LogP contribution in [-0.4, -0.2) is 31.0 Å². The molecule has 0 aromatic rings. The van der Waals surface area contributed by atoms with Crippen molar-refractivity contribution in [2.75, 3.05) is 11.5 Å². The molecule has 4 nitrogen and oxygen atoms in total. The second kappa shape index (κ2) is 4.73. The molecular weight excluding hydrogens is 228 g/mol. The molecule has 16 heavy (non-hydrogen) atoms. The molecule has 0 aromatic carbocycles. The van der Waals surface area contributed by atoms with Crippen molar-refractivity contribution in [2.24, 2.45) is 11.3 Å². The monoisotopic (exact) mass is 248 g/mol. The van der Waals surface area contributed by atoms with E-state index in [-0.39, 0.29) is 17.9 Å². The zero-order valence-electron chi connectivity index (χ0n) is 9.90. The van der Waals surface area contributed by atoms with Gasteiger partial charge in [-0.2, -0.15) is 0 Å². The molecule has 1 N–H and O–H groups in total. The molecule has 0 aromatic heterocycles. The summed E-state index contributed by atoms with van der Waals surface area (Å²) in [4.78, 5) is 11.3. The fraction of sp³-hybridized carbons (Fsp3) is 0.909. The van der Waals surface area contributed by atoms with Crippen LogP contribution in [0.4, 0.5) is 0 Å². The van der Waals surface area contributed by atoms with Gasteiger partial charge < -0.3 is 5.11 Å². The number of sulfone groups is 1. The molecule has 0 bridgehead atoms. The third-order valence-electron chi connectivity index (χ3n) is 3.64. The predicted molar refractivity (Wildman–Crippen MR) is 62.0 cm³/mol. The highest BCUT2D eigenvalue weighted by Crippen LogP contribution is 2.44. The zero-order valence-corrected chi connectivity index (χ0v) is 10.7. The van der Waals surface area contributed by atoms with E-state index >= 15 is 0 Å². The van der Waals surface area contributed by atoms with Crippen molar-refractivity contribution in [1.29, 1.82) is 0 Å². The lowest BCUT2D eigenvalue weighted by molar-refractivity contribution is -0.148. The smallest absolute Gasteiger partial charge is 0.309 e. The van der Waals surface area contributed by atoms with Crippen LogP contribution in [0.15, 0.2) is 0 Å². The van der Waals surface area contributed by atoms with Gasteiger partial charge in [-0.25, -0.2) is 8.42 Å². The summed E-state index contributed by atoms with van der Waals surface area (Å²) in [5, 5.41) is 9.26. The quantitative estimate of drug-likeness (QED) is 0.804. The first kappa shape index (κ1) is 13.5. The molecule has 1 aliphatic rings. The maximum absolute atomic E-state index is 11.4. The van der Waals surface area contributed by atoms with Crippen molar-refractivity contribution in [2.45, 2.75) is 39.5 Å². The highest BCUT2D eigenvalue weighted by molar-refractivity contribution is 7.91. The summed E-state index contributed by atoms with van der Waals surface area (Å²) in [5.74, 6) is -0.343. The molecule has 2 atom stereocenters. The third-order valence-corrected chi connectivity index (χ3v) is 5.35. The molecule has 0 aliphatic heterocycles. The van der Waals surface area contributed by atoms with Gasteiger partial charge in [0.15, 0.2) is 0 Å². The van der Waals surface area contributed by atoms with E-state index in [0.717, 1.165) is 6.42 Å². The molecule has 5 heteroatoms. The van der Waals surface area contributed by atoms with E-state index < -0.39 is 21.2 Å². The van der Waals surface area contributed by atoms with Crippen molar-refractivity contribution in [3.8, 4) is 0 Å². The van der Waals surface area contributed by atoms with Crippen molar-refractivity contribution in [1.82, 2.24) is 0 Å². The van der Waals surface area contributed by atoms with E-state index in [4.69, 9.17) is 0 Å². The Balaban J connectivity index is 2.71. The number of carbonyl (C=O) groups is 1. The van der Waals surface area contributed by atoms with Crippen LogP contribution in [0.5, 0.6) is 0 Å². The van der Waals surface area contributed by atoms with Gasteiger partial charge >= 0.3 is 5.97 Å². The predicted octanol–water partition coefficient (Wildman–Crippen LogP) is 1.70. The summed E-state index contributed by atoms with van der Waals surface area (Å²) in [5.41, 5.74) is -0.790. The number of carboxylic acids is 1. The first-order valence-electron chi connectivity index (χ1n) is 5.75. The van der Waals surface area contributed by atoms with Crippen molar-refractivity contribution < 1.29 is 18.3 Å². The van der Waals surface area contributed by atoms with Crippen LogP contribution in [0, 0.1) is 11.3 Å². The minimum atomic E-state index is -3.06. The maximum atomic E-state index is 11.4. The van der Waals surface area contributed by atoms with Gasteiger partial charge in [-0.05, 0) is 31.6 Å². The second-order valence-corrected chi connectivity index (χ2v) is 7.39. The average Bonchev–Trinajstić information content (AvgIpc) is 2.59. The second-order valence-electron chi connectivity index (χ2n) is 4.92. The zero-order chi connectivity index (χ0) is 12.4. The first-order valence-corrected chi connectivity index (χ1v) is 7.57. The van der Waals surface area contributed by atoms with E-state index in [1.165, 1.54) is 0 Å². The van der Waals surface area contributed by atoms with E-state index in [9.17, 15) is 18.3 Å². The highest BCUT2D eigenvalue weighted by Gasteiger charge is 2.44. The van der Waals surface area contributed by atoms with E-state index in [1.54, 1.807) is 6.92 Å². The van der Waals surface area contributed by atoms with Crippen LogP contribution in [0.25, 0.3) is 0 Å². The Hall–Kier alpha value is -0.580. The van der Waals surface area contributed by atoms with E-state index in [2.05, 4.69) is 0 Å². The molecule has 0 saturated heterocycles.